The second-order valence-corrected chi connectivity index (χ2v) is 4.89. The molecular formula is C12H15Cl3N2O. The minimum Gasteiger partial charge on any atom is -0.340 e. The lowest BCUT2D eigenvalue weighted by atomic mass is 10.1. The number of hydrogen-bond donors (Lipinski definition) is 1. The number of hydrogen-bond acceptors (Lipinski definition) is 2. The Kier molecular flexibility index (Phi) is 6.22. The minimum absolute atomic E-state index is 0. The van der Waals surface area contributed by atoms with Gasteiger partial charge in [0.2, 0.25) is 5.91 Å². The van der Waals surface area contributed by atoms with Gasteiger partial charge in [-0.3, -0.25) is 4.79 Å². The second kappa shape index (κ2) is 7.19. The van der Waals surface area contributed by atoms with E-state index in [1.54, 1.807) is 12.1 Å². The van der Waals surface area contributed by atoms with Crippen LogP contribution in [0, 0.1) is 0 Å². The molecular weight excluding hydrogens is 295 g/mol. The van der Waals surface area contributed by atoms with Gasteiger partial charge in [0, 0.05) is 36.2 Å². The number of benzene rings is 1. The number of nitrogens with one attached hydrogen (secondary N) is 1. The average Bonchev–Trinajstić information content (AvgIpc) is 2.34. The van der Waals surface area contributed by atoms with E-state index in [-0.39, 0.29) is 18.3 Å². The summed E-state index contributed by atoms with van der Waals surface area (Å²) in [6.07, 6.45) is 0.343. The van der Waals surface area contributed by atoms with Crippen LogP contribution in [-0.4, -0.2) is 37.0 Å². The first kappa shape index (κ1) is 15.6. The molecule has 1 amide bonds. The maximum absolute atomic E-state index is 12.0. The van der Waals surface area contributed by atoms with E-state index in [1.165, 1.54) is 0 Å². The van der Waals surface area contributed by atoms with Crippen LogP contribution in [0.2, 0.25) is 10.0 Å². The highest BCUT2D eigenvalue weighted by atomic mass is 35.5. The van der Waals surface area contributed by atoms with Crippen LogP contribution in [0.4, 0.5) is 0 Å². The van der Waals surface area contributed by atoms with Gasteiger partial charge >= 0.3 is 0 Å². The molecule has 1 heterocycles. The predicted octanol–water partition coefficient (Wildman–Crippen LogP) is 2.39. The Hall–Kier alpha value is -0.480. The summed E-state index contributed by atoms with van der Waals surface area (Å²) in [6, 6.07) is 5.24. The van der Waals surface area contributed by atoms with Crippen molar-refractivity contribution in [3.8, 4) is 0 Å². The Labute approximate surface area is 123 Å². The molecule has 3 nitrogen and oxygen atoms in total. The van der Waals surface area contributed by atoms with Gasteiger partial charge in [0.25, 0.3) is 0 Å². The van der Waals surface area contributed by atoms with Gasteiger partial charge in [0.05, 0.1) is 6.42 Å². The first-order valence-electron chi connectivity index (χ1n) is 5.59. The number of piperazine rings is 1. The molecule has 0 aliphatic carbocycles. The molecule has 1 aliphatic heterocycles. The van der Waals surface area contributed by atoms with Crippen molar-refractivity contribution in [2.45, 2.75) is 6.42 Å². The Balaban J connectivity index is 0.00000162. The third kappa shape index (κ3) is 4.02. The zero-order valence-electron chi connectivity index (χ0n) is 9.79. The van der Waals surface area contributed by atoms with Crippen molar-refractivity contribution in [1.82, 2.24) is 10.2 Å². The Morgan fingerprint density at radius 3 is 2.56 bits per heavy atom. The normalized spacial score (nSPS) is 15.1. The van der Waals surface area contributed by atoms with E-state index < -0.39 is 0 Å². The van der Waals surface area contributed by atoms with Gasteiger partial charge < -0.3 is 10.2 Å². The average molecular weight is 310 g/mol. The highest BCUT2D eigenvalue weighted by Gasteiger charge is 2.17. The van der Waals surface area contributed by atoms with Crippen molar-refractivity contribution in [3.63, 3.8) is 0 Å². The van der Waals surface area contributed by atoms with Gasteiger partial charge in [-0.25, -0.2) is 0 Å². The molecule has 1 aromatic rings. The molecule has 0 unspecified atom stereocenters. The molecule has 100 valence electrons. The third-order valence-electron chi connectivity index (χ3n) is 2.83. The standard InChI is InChI=1S/C12H14Cl2N2O.ClH/c13-10-2-1-9(11(14)8-10)7-12(17)16-5-3-15-4-6-16;/h1-2,8,15H,3-7H2;1H. The van der Waals surface area contributed by atoms with Crippen LogP contribution in [0.1, 0.15) is 5.56 Å². The van der Waals surface area contributed by atoms with E-state index in [4.69, 9.17) is 23.2 Å². The fraction of sp³-hybridized carbons (Fsp3) is 0.417. The van der Waals surface area contributed by atoms with E-state index >= 15 is 0 Å². The van der Waals surface area contributed by atoms with Gasteiger partial charge in [-0.15, -0.1) is 12.4 Å². The summed E-state index contributed by atoms with van der Waals surface area (Å²) in [4.78, 5) is 13.9. The molecule has 1 saturated heterocycles. The summed E-state index contributed by atoms with van der Waals surface area (Å²) in [5, 5.41) is 4.36. The molecule has 1 fully saturated rings. The zero-order chi connectivity index (χ0) is 12.3. The van der Waals surface area contributed by atoms with Crippen LogP contribution in [0.15, 0.2) is 18.2 Å². The van der Waals surface area contributed by atoms with Crippen LogP contribution in [0.3, 0.4) is 0 Å². The number of carbonyl (C=O) groups is 1. The SMILES string of the molecule is Cl.O=C(Cc1ccc(Cl)cc1Cl)N1CCNCC1. The number of amides is 1. The lowest BCUT2D eigenvalue weighted by Crippen LogP contribution is -2.46. The summed E-state index contributed by atoms with van der Waals surface area (Å²) >= 11 is 11.9. The van der Waals surface area contributed by atoms with Crippen molar-refractivity contribution < 1.29 is 4.79 Å². The zero-order valence-corrected chi connectivity index (χ0v) is 12.1. The molecule has 1 aromatic carbocycles. The maximum Gasteiger partial charge on any atom is 0.227 e. The molecule has 18 heavy (non-hydrogen) atoms. The molecule has 0 aromatic heterocycles. The second-order valence-electron chi connectivity index (χ2n) is 4.04. The number of carbonyl (C=O) groups excluding carboxylic acids is 1. The fourth-order valence-electron chi connectivity index (χ4n) is 1.85. The number of halogens is 3. The lowest BCUT2D eigenvalue weighted by Gasteiger charge is -2.27. The van der Waals surface area contributed by atoms with Gasteiger partial charge in [-0.05, 0) is 17.7 Å². The summed E-state index contributed by atoms with van der Waals surface area (Å²) in [6.45, 7) is 3.26. The Morgan fingerprint density at radius 1 is 1.28 bits per heavy atom. The van der Waals surface area contributed by atoms with E-state index in [2.05, 4.69) is 5.32 Å². The van der Waals surface area contributed by atoms with Gasteiger partial charge in [0.1, 0.15) is 0 Å². The summed E-state index contributed by atoms with van der Waals surface area (Å²) < 4.78 is 0. The van der Waals surface area contributed by atoms with Crippen LogP contribution in [-0.2, 0) is 11.2 Å². The molecule has 6 heteroatoms. The molecule has 0 saturated carbocycles. The summed E-state index contributed by atoms with van der Waals surface area (Å²) in [5.41, 5.74) is 0.833. The summed E-state index contributed by atoms with van der Waals surface area (Å²) in [7, 11) is 0. The predicted molar refractivity (Wildman–Crippen MR) is 76.9 cm³/mol. The lowest BCUT2D eigenvalue weighted by molar-refractivity contribution is -0.131. The van der Waals surface area contributed by atoms with Gasteiger partial charge in [0.15, 0.2) is 0 Å². The minimum atomic E-state index is 0. The van der Waals surface area contributed by atoms with Gasteiger partial charge in [-0.1, -0.05) is 29.3 Å². The van der Waals surface area contributed by atoms with Crippen molar-refractivity contribution in [2.24, 2.45) is 0 Å². The van der Waals surface area contributed by atoms with E-state index in [0.717, 1.165) is 31.7 Å². The topological polar surface area (TPSA) is 32.3 Å². The van der Waals surface area contributed by atoms with Crippen LogP contribution >= 0.6 is 35.6 Å². The molecule has 0 bridgehead atoms. The highest BCUT2D eigenvalue weighted by Crippen LogP contribution is 2.21. The van der Waals surface area contributed by atoms with E-state index in [9.17, 15) is 4.79 Å². The smallest absolute Gasteiger partial charge is 0.227 e. The van der Waals surface area contributed by atoms with E-state index in [1.807, 2.05) is 11.0 Å². The molecule has 0 radical (unpaired) electrons. The van der Waals surface area contributed by atoms with Gasteiger partial charge in [-0.2, -0.15) is 0 Å². The molecule has 1 aliphatic rings. The van der Waals surface area contributed by atoms with Crippen molar-refractivity contribution in [1.29, 1.82) is 0 Å². The van der Waals surface area contributed by atoms with Crippen molar-refractivity contribution >= 4 is 41.5 Å². The number of rotatable bonds is 2. The Bertz CT molecular complexity index is 420. The Morgan fingerprint density at radius 2 is 1.94 bits per heavy atom. The monoisotopic (exact) mass is 308 g/mol. The van der Waals surface area contributed by atoms with Crippen molar-refractivity contribution in [2.75, 3.05) is 26.2 Å². The first-order chi connectivity index (χ1) is 8.16. The molecule has 2 rings (SSSR count). The maximum atomic E-state index is 12.0. The largest absolute Gasteiger partial charge is 0.340 e. The summed E-state index contributed by atoms with van der Waals surface area (Å²) in [5.74, 6) is 0.121. The fourth-order valence-corrected chi connectivity index (χ4v) is 2.33. The molecule has 0 spiro atoms. The third-order valence-corrected chi connectivity index (χ3v) is 3.41. The molecule has 1 N–H and O–H groups in total. The van der Waals surface area contributed by atoms with E-state index in [0.29, 0.717) is 16.5 Å². The van der Waals surface area contributed by atoms with Crippen LogP contribution in [0.5, 0.6) is 0 Å². The van der Waals surface area contributed by atoms with Crippen LogP contribution in [0.25, 0.3) is 0 Å². The van der Waals surface area contributed by atoms with Crippen molar-refractivity contribution in [3.05, 3.63) is 33.8 Å². The quantitative estimate of drug-likeness (QED) is 0.910. The first-order valence-corrected chi connectivity index (χ1v) is 6.35. The number of nitrogens with zero attached hydrogens (tertiary/aromatic N) is 1. The molecule has 0 atom stereocenters. The highest BCUT2D eigenvalue weighted by molar-refractivity contribution is 6.35. The van der Waals surface area contributed by atoms with Crippen LogP contribution < -0.4 is 5.32 Å².